The van der Waals surface area contributed by atoms with Gasteiger partial charge in [-0.2, -0.15) is 0 Å². The lowest BCUT2D eigenvalue weighted by molar-refractivity contribution is -0.384. The second-order valence-corrected chi connectivity index (χ2v) is 3.55. The normalized spacial score (nSPS) is 10.5. The van der Waals surface area contributed by atoms with Gasteiger partial charge in [-0.15, -0.1) is 6.42 Å². The van der Waals surface area contributed by atoms with Crippen molar-refractivity contribution in [2.45, 2.75) is 19.4 Å². The third-order valence-corrected chi connectivity index (χ3v) is 1.76. The van der Waals surface area contributed by atoms with E-state index in [1.54, 1.807) is 13.8 Å². The van der Waals surface area contributed by atoms with Gasteiger partial charge in [-0.1, -0.05) is 5.92 Å². The number of aromatic nitrogens is 1. The van der Waals surface area contributed by atoms with Crippen molar-refractivity contribution in [3.05, 3.63) is 28.4 Å². The Labute approximate surface area is 87.7 Å². The number of pyridine rings is 1. The average Bonchev–Trinajstić information content (AvgIpc) is 2.17. The van der Waals surface area contributed by atoms with Gasteiger partial charge < -0.3 is 5.32 Å². The van der Waals surface area contributed by atoms with E-state index >= 15 is 0 Å². The summed E-state index contributed by atoms with van der Waals surface area (Å²) >= 11 is 0. The first-order valence-corrected chi connectivity index (χ1v) is 4.31. The molecule has 1 aromatic heterocycles. The van der Waals surface area contributed by atoms with E-state index in [1.165, 1.54) is 18.3 Å². The monoisotopic (exact) mass is 205 g/mol. The summed E-state index contributed by atoms with van der Waals surface area (Å²) in [6.45, 7) is 3.57. The van der Waals surface area contributed by atoms with Crippen LogP contribution >= 0.6 is 0 Å². The molecule has 0 saturated carbocycles. The van der Waals surface area contributed by atoms with Gasteiger partial charge in [0.15, 0.2) is 0 Å². The van der Waals surface area contributed by atoms with Gasteiger partial charge in [-0.3, -0.25) is 10.1 Å². The van der Waals surface area contributed by atoms with Gasteiger partial charge in [0.05, 0.1) is 16.5 Å². The number of nitro groups is 1. The standard InChI is InChI=1S/C10H11N3O2/c1-4-10(2,3)12-9-7-8(13(14)15)5-6-11-9/h1,5-7H,2-3H3,(H,11,12). The molecule has 0 aliphatic rings. The molecule has 0 atom stereocenters. The van der Waals surface area contributed by atoms with Crippen molar-refractivity contribution in [2.24, 2.45) is 0 Å². The summed E-state index contributed by atoms with van der Waals surface area (Å²) in [4.78, 5) is 14.0. The van der Waals surface area contributed by atoms with E-state index in [4.69, 9.17) is 6.42 Å². The highest BCUT2D eigenvalue weighted by atomic mass is 16.6. The SMILES string of the molecule is C#CC(C)(C)Nc1cc([N+](=O)[O-])ccn1. The Kier molecular flexibility index (Phi) is 2.90. The van der Waals surface area contributed by atoms with Crippen molar-refractivity contribution in [2.75, 3.05) is 5.32 Å². The highest BCUT2D eigenvalue weighted by molar-refractivity contribution is 5.47. The van der Waals surface area contributed by atoms with Crippen molar-refractivity contribution in [3.63, 3.8) is 0 Å². The third kappa shape index (κ3) is 2.95. The first-order valence-electron chi connectivity index (χ1n) is 4.31. The minimum atomic E-state index is -0.581. The zero-order valence-corrected chi connectivity index (χ0v) is 8.52. The van der Waals surface area contributed by atoms with Crippen molar-refractivity contribution >= 4 is 11.5 Å². The van der Waals surface area contributed by atoms with Crippen LogP contribution in [0.2, 0.25) is 0 Å². The van der Waals surface area contributed by atoms with Crippen molar-refractivity contribution < 1.29 is 4.92 Å². The summed E-state index contributed by atoms with van der Waals surface area (Å²) in [5.74, 6) is 2.91. The molecule has 5 heteroatoms. The summed E-state index contributed by atoms with van der Waals surface area (Å²) in [7, 11) is 0. The Bertz CT molecular complexity index is 421. The Morgan fingerprint density at radius 3 is 2.87 bits per heavy atom. The molecule has 5 nitrogen and oxygen atoms in total. The second-order valence-electron chi connectivity index (χ2n) is 3.55. The Morgan fingerprint density at radius 1 is 1.67 bits per heavy atom. The lowest BCUT2D eigenvalue weighted by Gasteiger charge is -2.19. The van der Waals surface area contributed by atoms with Crippen LogP contribution in [-0.4, -0.2) is 15.4 Å². The molecule has 15 heavy (non-hydrogen) atoms. The van der Waals surface area contributed by atoms with Crippen LogP contribution in [0.5, 0.6) is 0 Å². The molecule has 1 aromatic rings. The number of hydrogen-bond donors (Lipinski definition) is 1. The van der Waals surface area contributed by atoms with E-state index in [2.05, 4.69) is 16.2 Å². The van der Waals surface area contributed by atoms with Crippen molar-refractivity contribution in [1.82, 2.24) is 4.98 Å². The van der Waals surface area contributed by atoms with Crippen LogP contribution in [0.15, 0.2) is 18.3 Å². The molecule has 0 spiro atoms. The smallest absolute Gasteiger partial charge is 0.274 e. The second kappa shape index (κ2) is 3.96. The molecular weight excluding hydrogens is 194 g/mol. The summed E-state index contributed by atoms with van der Waals surface area (Å²) < 4.78 is 0. The van der Waals surface area contributed by atoms with E-state index in [0.717, 1.165) is 0 Å². The Morgan fingerprint density at radius 2 is 2.33 bits per heavy atom. The number of terminal acetylenes is 1. The maximum atomic E-state index is 10.5. The van der Waals surface area contributed by atoms with E-state index in [0.29, 0.717) is 5.82 Å². The Hall–Kier alpha value is -2.09. The van der Waals surface area contributed by atoms with Crippen LogP contribution < -0.4 is 5.32 Å². The number of rotatable bonds is 3. The fourth-order valence-corrected chi connectivity index (χ4v) is 0.958. The molecule has 1 rings (SSSR count). The maximum Gasteiger partial charge on any atom is 0.274 e. The summed E-state index contributed by atoms with van der Waals surface area (Å²) in [5, 5.41) is 13.4. The van der Waals surface area contributed by atoms with Gasteiger partial charge >= 0.3 is 0 Å². The number of nitrogens with one attached hydrogen (secondary N) is 1. The zero-order valence-electron chi connectivity index (χ0n) is 8.52. The molecule has 0 fully saturated rings. The van der Waals surface area contributed by atoms with Gasteiger partial charge in [0, 0.05) is 12.3 Å². The summed E-state index contributed by atoms with van der Waals surface area (Å²) in [6, 6.07) is 2.67. The lowest BCUT2D eigenvalue weighted by atomic mass is 10.1. The summed E-state index contributed by atoms with van der Waals surface area (Å²) in [5.41, 5.74) is -0.595. The molecule has 0 saturated heterocycles. The fraction of sp³-hybridized carbons (Fsp3) is 0.300. The lowest BCUT2D eigenvalue weighted by Crippen LogP contribution is -2.28. The van der Waals surface area contributed by atoms with E-state index in [1.807, 2.05) is 0 Å². The fourth-order valence-electron chi connectivity index (χ4n) is 0.958. The van der Waals surface area contributed by atoms with Crippen LogP contribution in [-0.2, 0) is 0 Å². The van der Waals surface area contributed by atoms with Crippen molar-refractivity contribution in [1.29, 1.82) is 0 Å². The molecule has 0 radical (unpaired) electrons. The summed E-state index contributed by atoms with van der Waals surface area (Å²) in [6.07, 6.45) is 6.65. The largest absolute Gasteiger partial charge is 0.354 e. The van der Waals surface area contributed by atoms with E-state index < -0.39 is 10.5 Å². The number of anilines is 1. The van der Waals surface area contributed by atoms with Crippen LogP contribution in [0.25, 0.3) is 0 Å². The predicted molar refractivity (Wildman–Crippen MR) is 57.4 cm³/mol. The molecule has 0 aliphatic carbocycles. The number of hydrogen-bond acceptors (Lipinski definition) is 4. The van der Waals surface area contributed by atoms with Crippen LogP contribution in [0, 0.1) is 22.5 Å². The molecule has 78 valence electrons. The first-order chi connectivity index (χ1) is 6.94. The van der Waals surface area contributed by atoms with Crippen LogP contribution in [0.4, 0.5) is 11.5 Å². The predicted octanol–water partition coefficient (Wildman–Crippen LogP) is 1.81. The molecule has 1 heterocycles. The molecule has 1 N–H and O–H groups in total. The quantitative estimate of drug-likeness (QED) is 0.464. The zero-order chi connectivity index (χ0) is 11.5. The minimum Gasteiger partial charge on any atom is -0.354 e. The van der Waals surface area contributed by atoms with Gasteiger partial charge in [-0.25, -0.2) is 4.98 Å². The molecular formula is C10H11N3O2. The molecule has 0 aromatic carbocycles. The van der Waals surface area contributed by atoms with E-state index in [9.17, 15) is 10.1 Å². The molecule has 0 amide bonds. The topological polar surface area (TPSA) is 68.1 Å². The first kappa shape index (κ1) is 11.0. The minimum absolute atomic E-state index is 0.0136. The van der Waals surface area contributed by atoms with Crippen LogP contribution in [0.3, 0.4) is 0 Å². The van der Waals surface area contributed by atoms with Gasteiger partial charge in [0.1, 0.15) is 5.82 Å². The van der Waals surface area contributed by atoms with Crippen LogP contribution in [0.1, 0.15) is 13.8 Å². The van der Waals surface area contributed by atoms with Gasteiger partial charge in [-0.05, 0) is 13.8 Å². The Balaban J connectivity index is 2.93. The highest BCUT2D eigenvalue weighted by Crippen LogP contribution is 2.17. The van der Waals surface area contributed by atoms with Crippen molar-refractivity contribution in [3.8, 4) is 12.3 Å². The molecule has 0 bridgehead atoms. The number of nitrogens with zero attached hydrogens (tertiary/aromatic N) is 2. The molecule has 0 aliphatic heterocycles. The molecule has 0 unspecified atom stereocenters. The van der Waals surface area contributed by atoms with Gasteiger partial charge in [0.2, 0.25) is 0 Å². The third-order valence-electron chi connectivity index (χ3n) is 1.76. The highest BCUT2D eigenvalue weighted by Gasteiger charge is 2.15. The van der Waals surface area contributed by atoms with Gasteiger partial charge in [0.25, 0.3) is 5.69 Å². The van der Waals surface area contributed by atoms with E-state index in [-0.39, 0.29) is 5.69 Å². The maximum absolute atomic E-state index is 10.5. The average molecular weight is 205 g/mol.